The van der Waals surface area contributed by atoms with E-state index in [1.54, 1.807) is 6.07 Å². The number of nitrogen functional groups attached to an aromatic ring is 1. The van der Waals surface area contributed by atoms with E-state index in [2.05, 4.69) is 11.8 Å². The Labute approximate surface area is 114 Å². The van der Waals surface area contributed by atoms with Crippen molar-refractivity contribution in [2.24, 2.45) is 5.73 Å². The summed E-state index contributed by atoms with van der Waals surface area (Å²) in [6.45, 7) is 3.22. The van der Waals surface area contributed by atoms with Crippen LogP contribution in [0.15, 0.2) is 18.2 Å². The number of nitrogens with two attached hydrogens (primary N) is 2. The lowest BCUT2D eigenvalue weighted by atomic mass is 9.96. The van der Waals surface area contributed by atoms with Crippen LogP contribution in [0, 0.1) is 0 Å². The molecule has 0 saturated carbocycles. The SMILES string of the molecule is CCCC1CCCCN1c1cccc(C(N)=O)c1N. The zero-order valence-electron chi connectivity index (χ0n) is 11.6. The Morgan fingerprint density at radius 1 is 1.42 bits per heavy atom. The Morgan fingerprint density at radius 2 is 2.21 bits per heavy atom. The van der Waals surface area contributed by atoms with Crippen molar-refractivity contribution < 1.29 is 4.79 Å². The topological polar surface area (TPSA) is 72.3 Å². The third-order valence-electron chi connectivity index (χ3n) is 3.91. The summed E-state index contributed by atoms with van der Waals surface area (Å²) in [6.07, 6.45) is 5.99. The monoisotopic (exact) mass is 261 g/mol. The van der Waals surface area contributed by atoms with Gasteiger partial charge in [0, 0.05) is 12.6 Å². The van der Waals surface area contributed by atoms with Crippen LogP contribution >= 0.6 is 0 Å². The average molecular weight is 261 g/mol. The molecule has 1 unspecified atom stereocenters. The van der Waals surface area contributed by atoms with Gasteiger partial charge < -0.3 is 16.4 Å². The number of anilines is 2. The van der Waals surface area contributed by atoms with E-state index in [0.717, 1.165) is 18.7 Å². The van der Waals surface area contributed by atoms with E-state index in [9.17, 15) is 4.79 Å². The number of carbonyl (C=O) groups is 1. The zero-order valence-corrected chi connectivity index (χ0v) is 11.6. The molecule has 19 heavy (non-hydrogen) atoms. The van der Waals surface area contributed by atoms with Crippen molar-refractivity contribution >= 4 is 17.3 Å². The first-order valence-electron chi connectivity index (χ1n) is 7.10. The van der Waals surface area contributed by atoms with Crippen LogP contribution in [-0.2, 0) is 0 Å². The molecule has 0 bridgehead atoms. The maximum absolute atomic E-state index is 11.4. The van der Waals surface area contributed by atoms with Crippen LogP contribution in [0.3, 0.4) is 0 Å². The maximum atomic E-state index is 11.4. The van der Waals surface area contributed by atoms with E-state index < -0.39 is 5.91 Å². The lowest BCUT2D eigenvalue weighted by molar-refractivity contribution is 0.100. The summed E-state index contributed by atoms with van der Waals surface area (Å²) >= 11 is 0. The predicted molar refractivity (Wildman–Crippen MR) is 79.3 cm³/mol. The number of benzene rings is 1. The van der Waals surface area contributed by atoms with Gasteiger partial charge in [-0.25, -0.2) is 0 Å². The summed E-state index contributed by atoms with van der Waals surface area (Å²) in [4.78, 5) is 13.7. The van der Waals surface area contributed by atoms with E-state index in [1.165, 1.54) is 25.7 Å². The number of amides is 1. The molecule has 2 rings (SSSR count). The van der Waals surface area contributed by atoms with Crippen molar-refractivity contribution in [3.8, 4) is 0 Å². The Morgan fingerprint density at radius 3 is 2.89 bits per heavy atom. The van der Waals surface area contributed by atoms with Crippen LogP contribution in [0.2, 0.25) is 0 Å². The molecule has 1 aliphatic heterocycles. The van der Waals surface area contributed by atoms with E-state index in [0.29, 0.717) is 17.3 Å². The molecule has 0 spiro atoms. The summed E-state index contributed by atoms with van der Waals surface area (Å²) in [5.74, 6) is -0.455. The lowest BCUT2D eigenvalue weighted by Crippen LogP contribution is -2.40. The Balaban J connectivity index is 2.33. The molecule has 4 N–H and O–H groups in total. The molecule has 0 aliphatic carbocycles. The van der Waals surface area contributed by atoms with Gasteiger partial charge in [-0.15, -0.1) is 0 Å². The normalized spacial score (nSPS) is 19.4. The molecule has 1 heterocycles. The molecule has 1 amide bonds. The van der Waals surface area contributed by atoms with Gasteiger partial charge in [-0.05, 0) is 37.8 Å². The van der Waals surface area contributed by atoms with Crippen molar-refractivity contribution in [3.05, 3.63) is 23.8 Å². The molecule has 1 atom stereocenters. The fourth-order valence-corrected chi connectivity index (χ4v) is 2.97. The standard InChI is InChI=1S/C15H23N3O/c1-2-6-11-7-3-4-10-18(11)13-9-5-8-12(14(13)16)15(17)19/h5,8-9,11H,2-4,6-7,10,16H2,1H3,(H2,17,19). The fourth-order valence-electron chi connectivity index (χ4n) is 2.97. The van der Waals surface area contributed by atoms with E-state index in [1.807, 2.05) is 12.1 Å². The molecule has 1 aromatic rings. The summed E-state index contributed by atoms with van der Waals surface area (Å²) < 4.78 is 0. The first kappa shape index (κ1) is 13.7. The van der Waals surface area contributed by atoms with Gasteiger partial charge in [-0.3, -0.25) is 4.79 Å². The summed E-state index contributed by atoms with van der Waals surface area (Å²) in [7, 11) is 0. The second kappa shape index (κ2) is 5.95. The molecular weight excluding hydrogens is 238 g/mol. The minimum Gasteiger partial charge on any atom is -0.396 e. The predicted octanol–water partition coefficient (Wildman–Crippen LogP) is 2.53. The minimum absolute atomic E-state index is 0.429. The van der Waals surface area contributed by atoms with Crippen molar-refractivity contribution in [1.82, 2.24) is 0 Å². The number of piperidine rings is 1. The van der Waals surface area contributed by atoms with Gasteiger partial charge in [0.2, 0.25) is 0 Å². The number of carbonyl (C=O) groups excluding carboxylic acids is 1. The van der Waals surface area contributed by atoms with Gasteiger partial charge >= 0.3 is 0 Å². The van der Waals surface area contributed by atoms with Crippen molar-refractivity contribution in [2.75, 3.05) is 17.2 Å². The molecule has 1 fully saturated rings. The van der Waals surface area contributed by atoms with Gasteiger partial charge in [-0.2, -0.15) is 0 Å². The third-order valence-corrected chi connectivity index (χ3v) is 3.91. The van der Waals surface area contributed by atoms with Crippen LogP contribution in [-0.4, -0.2) is 18.5 Å². The number of para-hydroxylation sites is 1. The number of hydrogen-bond donors (Lipinski definition) is 2. The van der Waals surface area contributed by atoms with Gasteiger partial charge in [0.25, 0.3) is 5.91 Å². The average Bonchev–Trinajstić information content (AvgIpc) is 2.40. The number of nitrogens with zero attached hydrogens (tertiary/aromatic N) is 1. The van der Waals surface area contributed by atoms with Crippen LogP contribution < -0.4 is 16.4 Å². The fraction of sp³-hybridized carbons (Fsp3) is 0.533. The van der Waals surface area contributed by atoms with Gasteiger partial charge in [-0.1, -0.05) is 19.4 Å². The van der Waals surface area contributed by atoms with Crippen molar-refractivity contribution in [2.45, 2.75) is 45.1 Å². The van der Waals surface area contributed by atoms with E-state index in [-0.39, 0.29) is 0 Å². The summed E-state index contributed by atoms with van der Waals surface area (Å²) in [5.41, 5.74) is 13.4. The lowest BCUT2D eigenvalue weighted by Gasteiger charge is -2.38. The molecule has 4 nitrogen and oxygen atoms in total. The minimum atomic E-state index is -0.455. The second-order valence-electron chi connectivity index (χ2n) is 5.23. The molecule has 0 aromatic heterocycles. The smallest absolute Gasteiger partial charge is 0.250 e. The maximum Gasteiger partial charge on any atom is 0.250 e. The first-order chi connectivity index (χ1) is 9.15. The number of rotatable bonds is 4. The molecule has 4 heteroatoms. The molecule has 1 saturated heterocycles. The molecule has 1 aromatic carbocycles. The molecule has 0 radical (unpaired) electrons. The molecule has 104 valence electrons. The van der Waals surface area contributed by atoms with Crippen molar-refractivity contribution in [1.29, 1.82) is 0 Å². The number of primary amides is 1. The van der Waals surface area contributed by atoms with E-state index in [4.69, 9.17) is 11.5 Å². The Bertz CT molecular complexity index is 457. The summed E-state index contributed by atoms with van der Waals surface area (Å²) in [5, 5.41) is 0. The van der Waals surface area contributed by atoms with Gasteiger partial charge in [0.1, 0.15) is 0 Å². The third kappa shape index (κ3) is 2.83. The van der Waals surface area contributed by atoms with Crippen LogP contribution in [0.1, 0.15) is 49.4 Å². The second-order valence-corrected chi connectivity index (χ2v) is 5.23. The van der Waals surface area contributed by atoms with Crippen LogP contribution in [0.5, 0.6) is 0 Å². The highest BCUT2D eigenvalue weighted by molar-refractivity contribution is 6.00. The molecule has 1 aliphatic rings. The summed E-state index contributed by atoms with van der Waals surface area (Å²) in [6, 6.07) is 6.09. The number of hydrogen-bond acceptors (Lipinski definition) is 3. The van der Waals surface area contributed by atoms with Crippen molar-refractivity contribution in [3.63, 3.8) is 0 Å². The quantitative estimate of drug-likeness (QED) is 0.818. The Hall–Kier alpha value is -1.71. The highest BCUT2D eigenvalue weighted by Gasteiger charge is 2.24. The van der Waals surface area contributed by atoms with E-state index >= 15 is 0 Å². The molecular formula is C15H23N3O. The van der Waals surface area contributed by atoms with Crippen LogP contribution in [0.4, 0.5) is 11.4 Å². The van der Waals surface area contributed by atoms with Crippen LogP contribution in [0.25, 0.3) is 0 Å². The largest absolute Gasteiger partial charge is 0.396 e. The first-order valence-corrected chi connectivity index (χ1v) is 7.10. The zero-order chi connectivity index (χ0) is 13.8. The van der Waals surface area contributed by atoms with Gasteiger partial charge in [0.05, 0.1) is 16.9 Å². The van der Waals surface area contributed by atoms with Gasteiger partial charge in [0.15, 0.2) is 0 Å². The Kier molecular flexibility index (Phi) is 4.30. The highest BCUT2D eigenvalue weighted by atomic mass is 16.1. The highest BCUT2D eigenvalue weighted by Crippen LogP contribution is 2.33.